The van der Waals surface area contributed by atoms with Crippen molar-refractivity contribution in [3.05, 3.63) is 0 Å². The molecule has 3 atom stereocenters. The summed E-state index contributed by atoms with van der Waals surface area (Å²) in [6, 6.07) is -1.73. The van der Waals surface area contributed by atoms with Gasteiger partial charge in [0, 0.05) is 31.7 Å². The lowest BCUT2D eigenvalue weighted by molar-refractivity contribution is -0.147. The van der Waals surface area contributed by atoms with Crippen LogP contribution in [-0.4, -0.2) is 96.9 Å². The van der Waals surface area contributed by atoms with Crippen LogP contribution >= 0.6 is 0 Å². The monoisotopic (exact) mass is 373 g/mol. The smallest absolute Gasteiger partial charge is 0.322 e. The number of carboxylic acid groups (broad SMARTS) is 1. The summed E-state index contributed by atoms with van der Waals surface area (Å²) in [5.74, 6) is -1.67. The van der Waals surface area contributed by atoms with E-state index in [1.54, 1.807) is 20.8 Å². The molecule has 0 amide bonds. The van der Waals surface area contributed by atoms with E-state index in [2.05, 4.69) is 5.32 Å². The number of hydrogen-bond donors (Lipinski definition) is 2. The number of nitrogens with zero attached hydrogens (tertiary/aromatic N) is 2. The third kappa shape index (κ3) is 5.65. The number of nitrogens with one attached hydrogen (secondary N) is 1. The van der Waals surface area contributed by atoms with Crippen LogP contribution in [0.4, 0.5) is 0 Å². The SMILES string of the molecule is COC(=O)C(C)N1CCN(C(C)C(=O)OC)CC(C)(NC(C)C(=O)O)C1. The van der Waals surface area contributed by atoms with E-state index in [0.29, 0.717) is 26.2 Å². The Morgan fingerprint density at radius 3 is 1.65 bits per heavy atom. The maximum absolute atomic E-state index is 12.0. The van der Waals surface area contributed by atoms with Gasteiger partial charge in [0.15, 0.2) is 0 Å². The van der Waals surface area contributed by atoms with Gasteiger partial charge in [0.1, 0.15) is 18.1 Å². The molecule has 0 bridgehead atoms. The van der Waals surface area contributed by atoms with E-state index in [0.717, 1.165) is 0 Å². The number of carboxylic acids is 1. The zero-order valence-electron chi connectivity index (χ0n) is 16.4. The maximum Gasteiger partial charge on any atom is 0.322 e. The van der Waals surface area contributed by atoms with E-state index in [1.165, 1.54) is 14.2 Å². The summed E-state index contributed by atoms with van der Waals surface area (Å²) in [7, 11) is 2.68. The van der Waals surface area contributed by atoms with Crippen LogP contribution in [-0.2, 0) is 23.9 Å². The third-order valence-electron chi connectivity index (χ3n) is 4.89. The Bertz CT molecular complexity index is 495. The average molecular weight is 373 g/mol. The number of rotatable bonds is 7. The van der Waals surface area contributed by atoms with Crippen LogP contribution in [0.5, 0.6) is 0 Å². The Hall–Kier alpha value is -1.71. The normalized spacial score (nSPS) is 25.6. The van der Waals surface area contributed by atoms with Gasteiger partial charge < -0.3 is 14.6 Å². The fourth-order valence-corrected chi connectivity index (χ4v) is 3.34. The quantitative estimate of drug-likeness (QED) is 0.574. The molecular formula is C17H31N3O6. The first kappa shape index (κ1) is 22.3. The highest BCUT2D eigenvalue weighted by molar-refractivity contribution is 5.76. The number of aliphatic carboxylic acids is 1. The van der Waals surface area contributed by atoms with Crippen LogP contribution in [0.1, 0.15) is 27.7 Å². The average Bonchev–Trinajstić information content (AvgIpc) is 2.77. The second kappa shape index (κ2) is 9.29. The van der Waals surface area contributed by atoms with Gasteiger partial charge >= 0.3 is 17.9 Å². The highest BCUT2D eigenvalue weighted by atomic mass is 16.5. The van der Waals surface area contributed by atoms with Gasteiger partial charge in [0.25, 0.3) is 0 Å². The number of hydrogen-bond acceptors (Lipinski definition) is 8. The minimum Gasteiger partial charge on any atom is -0.480 e. The molecule has 1 heterocycles. The van der Waals surface area contributed by atoms with Gasteiger partial charge in [-0.1, -0.05) is 0 Å². The zero-order valence-corrected chi connectivity index (χ0v) is 16.4. The molecule has 1 saturated heterocycles. The number of carbonyl (C=O) groups excluding carboxylic acids is 2. The van der Waals surface area contributed by atoms with Crippen molar-refractivity contribution in [2.45, 2.75) is 51.4 Å². The Kier molecular flexibility index (Phi) is 7.98. The van der Waals surface area contributed by atoms with Crippen LogP contribution in [0.15, 0.2) is 0 Å². The van der Waals surface area contributed by atoms with Gasteiger partial charge in [-0.3, -0.25) is 29.5 Å². The van der Waals surface area contributed by atoms with Gasteiger partial charge in [-0.25, -0.2) is 0 Å². The highest BCUT2D eigenvalue weighted by Crippen LogP contribution is 2.20. The topological polar surface area (TPSA) is 108 Å². The standard InChI is InChI=1S/C17H31N3O6/c1-11(14(21)22)18-17(4)9-19(12(2)15(23)25-5)7-8-20(10-17)13(3)16(24)26-6/h11-13,18H,7-10H2,1-6H3,(H,21,22). The molecule has 0 radical (unpaired) electrons. The largest absolute Gasteiger partial charge is 0.480 e. The number of esters is 2. The molecule has 26 heavy (non-hydrogen) atoms. The summed E-state index contributed by atoms with van der Waals surface area (Å²) in [5.41, 5.74) is -0.654. The van der Waals surface area contributed by atoms with Crippen molar-refractivity contribution in [2.75, 3.05) is 40.4 Å². The van der Waals surface area contributed by atoms with E-state index < -0.39 is 29.6 Å². The van der Waals surface area contributed by atoms with Gasteiger partial charge in [0.2, 0.25) is 0 Å². The molecule has 0 spiro atoms. The first-order chi connectivity index (χ1) is 12.0. The Balaban J connectivity index is 3.09. The second-order valence-electron chi connectivity index (χ2n) is 7.10. The molecule has 150 valence electrons. The lowest BCUT2D eigenvalue weighted by atomic mass is 9.98. The van der Waals surface area contributed by atoms with Crippen LogP contribution in [0.25, 0.3) is 0 Å². The van der Waals surface area contributed by atoms with Crippen molar-refractivity contribution in [3.63, 3.8) is 0 Å². The van der Waals surface area contributed by atoms with E-state index in [1.807, 2.05) is 16.7 Å². The molecule has 0 aromatic heterocycles. The third-order valence-corrected chi connectivity index (χ3v) is 4.89. The second-order valence-corrected chi connectivity index (χ2v) is 7.10. The zero-order chi connectivity index (χ0) is 20.1. The fraction of sp³-hybridized carbons (Fsp3) is 0.824. The van der Waals surface area contributed by atoms with E-state index >= 15 is 0 Å². The van der Waals surface area contributed by atoms with E-state index in [4.69, 9.17) is 9.47 Å². The molecule has 3 unspecified atom stereocenters. The number of carbonyl (C=O) groups is 3. The highest BCUT2D eigenvalue weighted by Gasteiger charge is 2.40. The van der Waals surface area contributed by atoms with E-state index in [-0.39, 0.29) is 11.9 Å². The van der Waals surface area contributed by atoms with E-state index in [9.17, 15) is 19.5 Å². The minimum absolute atomic E-state index is 0.354. The lowest BCUT2D eigenvalue weighted by Crippen LogP contribution is -2.61. The molecule has 2 N–H and O–H groups in total. The fourth-order valence-electron chi connectivity index (χ4n) is 3.34. The van der Waals surface area contributed by atoms with Gasteiger partial charge in [-0.15, -0.1) is 0 Å². The predicted molar refractivity (Wildman–Crippen MR) is 94.7 cm³/mol. The van der Waals surface area contributed by atoms with Gasteiger partial charge in [-0.2, -0.15) is 0 Å². The minimum atomic E-state index is -0.962. The predicted octanol–water partition coefficient (Wildman–Crippen LogP) is -0.452. The summed E-state index contributed by atoms with van der Waals surface area (Å²) in [6.45, 7) is 8.92. The molecule has 9 nitrogen and oxygen atoms in total. The number of methoxy groups -OCH3 is 2. The Labute approximate surface area is 154 Å². The molecule has 0 saturated carbocycles. The Morgan fingerprint density at radius 2 is 1.35 bits per heavy atom. The van der Waals surface area contributed by atoms with Gasteiger partial charge in [0.05, 0.1) is 14.2 Å². The van der Waals surface area contributed by atoms with Crippen molar-refractivity contribution >= 4 is 17.9 Å². The molecule has 0 aromatic carbocycles. The molecular weight excluding hydrogens is 342 g/mol. The first-order valence-electron chi connectivity index (χ1n) is 8.69. The van der Waals surface area contributed by atoms with Crippen molar-refractivity contribution in [2.24, 2.45) is 0 Å². The van der Waals surface area contributed by atoms with Crippen molar-refractivity contribution in [3.8, 4) is 0 Å². The summed E-state index contributed by atoms with van der Waals surface area (Å²) in [6.07, 6.45) is 0. The molecule has 0 aliphatic carbocycles. The maximum atomic E-state index is 12.0. The van der Waals surface area contributed by atoms with Crippen molar-refractivity contribution < 1.29 is 29.0 Å². The van der Waals surface area contributed by atoms with Crippen LogP contribution in [0, 0.1) is 0 Å². The summed E-state index contributed by atoms with van der Waals surface area (Å²) >= 11 is 0. The van der Waals surface area contributed by atoms with Crippen LogP contribution in [0.3, 0.4) is 0 Å². The Morgan fingerprint density at radius 1 is 0.962 bits per heavy atom. The van der Waals surface area contributed by atoms with Crippen LogP contribution < -0.4 is 5.32 Å². The summed E-state index contributed by atoms with van der Waals surface area (Å²) in [4.78, 5) is 39.1. The molecule has 0 aromatic rings. The van der Waals surface area contributed by atoms with Crippen LogP contribution in [0.2, 0.25) is 0 Å². The summed E-state index contributed by atoms with van der Waals surface area (Å²) < 4.78 is 9.68. The first-order valence-corrected chi connectivity index (χ1v) is 8.69. The molecule has 1 fully saturated rings. The number of ether oxygens (including phenoxy) is 2. The van der Waals surface area contributed by atoms with Crippen molar-refractivity contribution in [1.82, 2.24) is 15.1 Å². The van der Waals surface area contributed by atoms with Gasteiger partial charge in [-0.05, 0) is 27.7 Å². The summed E-state index contributed by atoms with van der Waals surface area (Å²) in [5, 5.41) is 12.4. The molecule has 9 heteroatoms. The lowest BCUT2D eigenvalue weighted by Gasteiger charge is -2.38. The molecule has 1 rings (SSSR count). The molecule has 1 aliphatic rings. The molecule has 1 aliphatic heterocycles. The van der Waals surface area contributed by atoms with Crippen molar-refractivity contribution in [1.29, 1.82) is 0 Å².